The number of carbonyl (C=O) groups is 4. The number of rotatable bonds is 20. The third-order valence-corrected chi connectivity index (χ3v) is 14.6. The van der Waals surface area contributed by atoms with Crippen molar-refractivity contribution in [3.8, 4) is 10.4 Å². The Morgan fingerprint density at radius 1 is 0.871 bits per heavy atom. The zero-order valence-corrected chi connectivity index (χ0v) is 42.6. The lowest BCUT2D eigenvalue weighted by Crippen LogP contribution is -2.58. The summed E-state index contributed by atoms with van der Waals surface area (Å²) in [5, 5.41) is 31.0. The van der Waals surface area contributed by atoms with Gasteiger partial charge in [0.2, 0.25) is 23.6 Å². The predicted molar refractivity (Wildman–Crippen MR) is 268 cm³/mol. The number of benzene rings is 2. The molecule has 2 aromatic heterocycles. The van der Waals surface area contributed by atoms with E-state index in [0.717, 1.165) is 38.6 Å². The smallest absolute Gasteiger partial charge is 0.246 e. The first kappa shape index (κ1) is 52.7. The average Bonchev–Trinajstić information content (AvgIpc) is 4.04. The first-order chi connectivity index (χ1) is 33.5. The van der Waals surface area contributed by atoms with E-state index >= 15 is 0 Å². The number of fused-ring (bicyclic) bond motifs is 1. The molecule has 0 bridgehead atoms. The third-order valence-electron chi connectivity index (χ3n) is 13.4. The predicted octanol–water partition coefficient (Wildman–Crippen LogP) is 4.92. The summed E-state index contributed by atoms with van der Waals surface area (Å²) in [7, 11) is 0. The summed E-state index contributed by atoms with van der Waals surface area (Å²) < 4.78 is 11.5. The molecule has 2 aromatic carbocycles. The summed E-state index contributed by atoms with van der Waals surface area (Å²) in [4.78, 5) is 74.8. The Bertz CT molecular complexity index is 2410. The van der Waals surface area contributed by atoms with Crippen molar-refractivity contribution in [1.82, 2.24) is 40.7 Å². The van der Waals surface area contributed by atoms with E-state index in [1.807, 2.05) is 81.4 Å². The van der Waals surface area contributed by atoms with E-state index in [1.165, 1.54) is 11.2 Å². The number of likely N-dealkylation sites (tertiary alicyclic amines) is 1. The Balaban J connectivity index is 0.811. The molecule has 3 aliphatic rings. The van der Waals surface area contributed by atoms with E-state index in [9.17, 15) is 29.4 Å². The monoisotopic (exact) mass is 1000 g/mol. The number of β-amino-alcohol motifs (C(OH)–C–C–N with tert-alkyl or cyclic N) is 1. The molecule has 4 heterocycles. The van der Waals surface area contributed by atoms with E-state index in [-0.39, 0.29) is 62.3 Å². The summed E-state index contributed by atoms with van der Waals surface area (Å²) in [5.74, 6) is -0.585. The van der Waals surface area contributed by atoms with Crippen LogP contribution < -0.4 is 20.9 Å². The van der Waals surface area contributed by atoms with Gasteiger partial charge in [0.25, 0.3) is 0 Å². The minimum atomic E-state index is -0.951. The molecule has 2 saturated heterocycles. The van der Waals surface area contributed by atoms with Gasteiger partial charge in [-0.15, -0.1) is 11.3 Å². The molecular weight excluding hydrogens is 934 g/mol. The Kier molecular flexibility index (Phi) is 18.0. The van der Waals surface area contributed by atoms with Crippen molar-refractivity contribution >= 4 is 52.4 Å². The lowest BCUT2D eigenvalue weighted by atomic mass is 9.85. The summed E-state index contributed by atoms with van der Waals surface area (Å²) in [6, 6.07) is 13.1. The summed E-state index contributed by atoms with van der Waals surface area (Å²) >= 11 is 7.78. The molecule has 70 heavy (non-hydrogen) atoms. The number of aliphatic hydroxyl groups excluding tert-OH is 2. The number of anilines is 1. The van der Waals surface area contributed by atoms with E-state index < -0.39 is 41.5 Å². The Morgan fingerprint density at radius 2 is 1.56 bits per heavy atom. The van der Waals surface area contributed by atoms with Gasteiger partial charge in [-0.05, 0) is 60.4 Å². The van der Waals surface area contributed by atoms with Gasteiger partial charge in [0.05, 0.1) is 72.4 Å². The fourth-order valence-corrected chi connectivity index (χ4v) is 10.4. The highest BCUT2D eigenvalue weighted by molar-refractivity contribution is 7.13. The molecule has 4 aromatic rings. The van der Waals surface area contributed by atoms with Crippen LogP contribution in [0.4, 0.5) is 5.82 Å². The first-order valence-electron chi connectivity index (χ1n) is 24.3. The van der Waals surface area contributed by atoms with Crippen molar-refractivity contribution in [2.45, 2.75) is 103 Å². The number of carbonyl (C=O) groups excluding carboxylic acids is 4. The molecule has 7 atom stereocenters. The van der Waals surface area contributed by atoms with Crippen molar-refractivity contribution in [1.29, 1.82) is 0 Å². The van der Waals surface area contributed by atoms with Gasteiger partial charge in [-0.25, -0.2) is 15.0 Å². The van der Waals surface area contributed by atoms with Crippen LogP contribution in [0, 0.1) is 12.3 Å². The Hall–Kier alpha value is -5.08. The van der Waals surface area contributed by atoms with Gasteiger partial charge in [0.15, 0.2) is 0 Å². The molecule has 0 spiro atoms. The van der Waals surface area contributed by atoms with E-state index in [0.29, 0.717) is 69.6 Å². The fourth-order valence-electron chi connectivity index (χ4n) is 9.48. The van der Waals surface area contributed by atoms with Gasteiger partial charge in [-0.1, -0.05) is 75.7 Å². The molecule has 378 valence electrons. The maximum atomic E-state index is 14.1. The van der Waals surface area contributed by atoms with Gasteiger partial charge in [-0.2, -0.15) is 0 Å². The van der Waals surface area contributed by atoms with Crippen LogP contribution >= 0.6 is 22.9 Å². The minimum absolute atomic E-state index is 0.00786. The van der Waals surface area contributed by atoms with Crippen molar-refractivity contribution < 1.29 is 38.9 Å². The highest BCUT2D eigenvalue weighted by Gasteiger charge is 2.45. The second kappa shape index (κ2) is 23.9. The van der Waals surface area contributed by atoms with Crippen LogP contribution in [0.1, 0.15) is 106 Å². The minimum Gasteiger partial charge on any atom is -0.391 e. The van der Waals surface area contributed by atoms with Crippen LogP contribution in [0.3, 0.4) is 0 Å². The van der Waals surface area contributed by atoms with Crippen LogP contribution in [-0.2, 0) is 28.7 Å². The summed E-state index contributed by atoms with van der Waals surface area (Å²) in [6.45, 7) is 15.7. The SMILES string of the molecule is Cc1ncsc1-c1ccc([C@H](C)NC(=O)[C@@H]2C[C@@H](O)CN2C(=O)[C@@H](NC(=O)CCOCCOCCNC[C@@H](C(=O)N2CCN(c3ncnc4c3[C@H](C)C[C@H]4O)CC2)c2ccc(Cl)cc2)C(C)(C)C)cc1. The van der Waals surface area contributed by atoms with Crippen molar-refractivity contribution in [3.63, 3.8) is 0 Å². The number of ether oxygens (including phenoxy) is 2. The molecule has 1 aliphatic carbocycles. The molecule has 4 amide bonds. The zero-order chi connectivity index (χ0) is 50.1. The molecule has 17 nitrogen and oxygen atoms in total. The number of hydrogen-bond donors (Lipinski definition) is 5. The Labute approximate surface area is 419 Å². The molecule has 2 aliphatic heterocycles. The van der Waals surface area contributed by atoms with Crippen molar-refractivity contribution in [2.24, 2.45) is 5.41 Å². The van der Waals surface area contributed by atoms with Gasteiger partial charge in [0.1, 0.15) is 24.2 Å². The van der Waals surface area contributed by atoms with Crippen LogP contribution in [-0.4, -0.2) is 149 Å². The largest absolute Gasteiger partial charge is 0.391 e. The van der Waals surface area contributed by atoms with Crippen LogP contribution in [0.5, 0.6) is 0 Å². The number of thiazole rings is 1. The maximum absolute atomic E-state index is 14.1. The van der Waals surface area contributed by atoms with E-state index in [4.69, 9.17) is 21.1 Å². The molecule has 0 unspecified atom stereocenters. The molecule has 19 heteroatoms. The van der Waals surface area contributed by atoms with Crippen LogP contribution in [0.25, 0.3) is 10.4 Å². The van der Waals surface area contributed by atoms with Crippen molar-refractivity contribution in [2.75, 3.05) is 77.1 Å². The van der Waals surface area contributed by atoms with Crippen LogP contribution in [0.15, 0.2) is 60.4 Å². The molecule has 2 fully saturated rings. The highest BCUT2D eigenvalue weighted by atomic mass is 35.5. The lowest BCUT2D eigenvalue weighted by molar-refractivity contribution is -0.144. The zero-order valence-electron chi connectivity index (χ0n) is 41.0. The first-order valence-corrected chi connectivity index (χ1v) is 25.5. The molecule has 7 rings (SSSR count). The fraction of sp³-hybridized carbons (Fsp3) is 0.549. The second-order valence-corrected chi connectivity index (χ2v) is 20.9. The number of aliphatic hydroxyl groups is 2. The molecule has 0 radical (unpaired) electrons. The van der Waals surface area contributed by atoms with E-state index in [1.54, 1.807) is 23.5 Å². The highest BCUT2D eigenvalue weighted by Crippen LogP contribution is 2.43. The number of halogens is 1. The average molecular weight is 1000 g/mol. The number of amides is 4. The number of hydrogen-bond acceptors (Lipinski definition) is 14. The normalized spacial score (nSPS) is 20.5. The number of aromatic nitrogens is 3. The molecule has 0 saturated carbocycles. The standard InChI is InChI=1S/C51H68ClN9O8S/c1-31-25-41(63)44-43(31)47(55-29-54-44)59-17-19-60(20-18-59)49(66)39(35-11-13-37(52)14-12-35)27-53-16-22-69-24-23-68-21-15-42(64)58-46(51(4,5)6)50(67)61-28-38(62)26-40(61)48(65)57-32(2)34-7-9-36(10-8-34)45-33(3)56-30-70-45/h7-14,29-32,38-41,46,53,62-63H,15-28H2,1-6H3,(H,57,65)(H,58,64)/t31-,32+,38-,39-,40+,41-,46-/m1/s1. The second-order valence-electron chi connectivity index (χ2n) is 19.6. The van der Waals surface area contributed by atoms with E-state index in [2.05, 4.69) is 42.7 Å². The third kappa shape index (κ3) is 13.1. The van der Waals surface area contributed by atoms with Crippen LogP contribution in [0.2, 0.25) is 5.02 Å². The summed E-state index contributed by atoms with van der Waals surface area (Å²) in [6.07, 6.45) is 0.782. The van der Waals surface area contributed by atoms with Gasteiger partial charge < -0.3 is 50.3 Å². The quantitative estimate of drug-likeness (QED) is 0.0746. The topological polar surface area (TPSA) is 212 Å². The number of nitrogens with one attached hydrogen (secondary N) is 3. The number of nitrogens with zero attached hydrogens (tertiary/aromatic N) is 6. The van der Waals surface area contributed by atoms with Crippen molar-refractivity contribution in [3.05, 3.63) is 93.5 Å². The molecule has 5 N–H and O–H groups in total. The van der Waals surface area contributed by atoms with Gasteiger partial charge in [0, 0.05) is 69.2 Å². The number of piperazine rings is 1. The maximum Gasteiger partial charge on any atom is 0.246 e. The summed E-state index contributed by atoms with van der Waals surface area (Å²) in [5.41, 5.74) is 6.59. The lowest BCUT2D eigenvalue weighted by Gasteiger charge is -2.38. The van der Waals surface area contributed by atoms with Gasteiger partial charge >= 0.3 is 0 Å². The van der Waals surface area contributed by atoms with Gasteiger partial charge in [-0.3, -0.25) is 19.2 Å². The molecular formula is C51H68ClN9O8S. The Morgan fingerprint density at radius 3 is 2.23 bits per heavy atom. The number of aryl methyl sites for hydroxylation is 1.